The van der Waals surface area contributed by atoms with Gasteiger partial charge in [0, 0.05) is 4.75 Å². The quantitative estimate of drug-likeness (QED) is 0.500. The monoisotopic (exact) mass is 460 g/mol. The average Bonchev–Trinajstić information content (AvgIpc) is 2.86. The van der Waals surface area contributed by atoms with E-state index < -0.39 is 39.7 Å². The van der Waals surface area contributed by atoms with Gasteiger partial charge in [0.25, 0.3) is 11.6 Å². The Hall–Kier alpha value is -1.48. The van der Waals surface area contributed by atoms with Crippen molar-refractivity contribution in [2.45, 2.75) is 62.1 Å². The molecular formula is C19H22Cl2N2O5S. The molecule has 2 amide bonds. The van der Waals surface area contributed by atoms with Crippen LogP contribution in [0.15, 0.2) is 18.2 Å². The van der Waals surface area contributed by atoms with Gasteiger partial charge in [-0.2, -0.15) is 0 Å². The van der Waals surface area contributed by atoms with Crippen LogP contribution in [0.4, 0.5) is 0 Å². The van der Waals surface area contributed by atoms with Crippen LogP contribution in [0.1, 0.15) is 33.3 Å². The van der Waals surface area contributed by atoms with Crippen molar-refractivity contribution in [3.05, 3.63) is 33.8 Å². The van der Waals surface area contributed by atoms with E-state index in [1.54, 1.807) is 45.9 Å². The van der Waals surface area contributed by atoms with Crippen LogP contribution in [0.2, 0.25) is 10.0 Å². The summed E-state index contributed by atoms with van der Waals surface area (Å²) in [5.41, 5.74) is -0.976. The minimum Gasteiger partial charge on any atom is -0.480 e. The maximum Gasteiger partial charge on any atom is 0.327 e. The molecule has 3 rings (SSSR count). The zero-order chi connectivity index (χ0) is 21.7. The van der Waals surface area contributed by atoms with Crippen molar-refractivity contribution in [1.82, 2.24) is 10.2 Å². The minimum atomic E-state index is -1.60. The number of hydrogen-bond donors (Lipinski definition) is 2. The van der Waals surface area contributed by atoms with Crippen molar-refractivity contribution in [3.8, 4) is 0 Å². The summed E-state index contributed by atoms with van der Waals surface area (Å²) < 4.78 is 5.16. The Morgan fingerprint density at radius 2 is 1.97 bits per heavy atom. The van der Waals surface area contributed by atoms with Crippen molar-refractivity contribution in [2.24, 2.45) is 0 Å². The Kier molecular flexibility index (Phi) is 5.86. The Morgan fingerprint density at radius 3 is 2.52 bits per heavy atom. The van der Waals surface area contributed by atoms with E-state index in [-0.39, 0.29) is 12.5 Å². The van der Waals surface area contributed by atoms with Gasteiger partial charge in [-0.1, -0.05) is 29.3 Å². The summed E-state index contributed by atoms with van der Waals surface area (Å²) in [4.78, 5) is 38.8. The third-order valence-electron chi connectivity index (χ3n) is 4.83. The maximum absolute atomic E-state index is 13.1. The van der Waals surface area contributed by atoms with Gasteiger partial charge in [0.2, 0.25) is 5.91 Å². The first-order chi connectivity index (χ1) is 13.4. The molecule has 0 bridgehead atoms. The van der Waals surface area contributed by atoms with E-state index in [9.17, 15) is 19.5 Å². The molecule has 29 heavy (non-hydrogen) atoms. The van der Waals surface area contributed by atoms with Crippen LogP contribution in [0, 0.1) is 0 Å². The predicted molar refractivity (Wildman–Crippen MR) is 111 cm³/mol. The van der Waals surface area contributed by atoms with Crippen molar-refractivity contribution >= 4 is 52.7 Å². The molecule has 10 heteroatoms. The second-order valence-corrected chi connectivity index (χ2v) is 10.5. The summed E-state index contributed by atoms with van der Waals surface area (Å²) in [6, 6.07) is 3.85. The third kappa shape index (κ3) is 3.83. The standard InChI is InChI=1S/C19H22Cl2N2O5S/c1-9(2)28-19(22-13(24)8-10-5-6-11(20)12(21)7-10)16(27)23-14(15(25)26)18(3,4)29-17(19)23/h5-7,9,14,17H,8H2,1-4H3,(H,22,24)(H,25,26)/t14-,17+,19?/m0/s1. The number of carboxylic acids is 1. The summed E-state index contributed by atoms with van der Waals surface area (Å²) in [6.45, 7) is 7.03. The fourth-order valence-corrected chi connectivity index (χ4v) is 5.69. The Bertz CT molecular complexity index is 878. The topological polar surface area (TPSA) is 95.9 Å². The number of rotatable bonds is 6. The first-order valence-corrected chi connectivity index (χ1v) is 10.7. The molecule has 2 aliphatic rings. The van der Waals surface area contributed by atoms with E-state index in [0.717, 1.165) is 0 Å². The molecule has 2 heterocycles. The molecule has 0 radical (unpaired) electrons. The number of fused-ring (bicyclic) bond motifs is 1. The smallest absolute Gasteiger partial charge is 0.327 e. The number of halogens is 2. The lowest BCUT2D eigenvalue weighted by atomic mass is 9.93. The first kappa shape index (κ1) is 22.2. The van der Waals surface area contributed by atoms with Crippen LogP contribution >= 0.6 is 35.0 Å². The molecule has 1 unspecified atom stereocenters. The van der Waals surface area contributed by atoms with Crippen LogP contribution in [0.25, 0.3) is 0 Å². The number of carbonyl (C=O) groups is 3. The van der Waals surface area contributed by atoms with Crippen molar-refractivity contribution in [1.29, 1.82) is 0 Å². The highest BCUT2D eigenvalue weighted by Crippen LogP contribution is 2.55. The zero-order valence-electron chi connectivity index (χ0n) is 16.4. The molecule has 7 nitrogen and oxygen atoms in total. The van der Waals surface area contributed by atoms with Gasteiger partial charge in [-0.05, 0) is 45.4 Å². The summed E-state index contributed by atoms with van der Waals surface area (Å²) in [5, 5.41) is 12.4. The number of thioether (sulfide) groups is 1. The van der Waals surface area contributed by atoms with Crippen molar-refractivity contribution in [3.63, 3.8) is 0 Å². The van der Waals surface area contributed by atoms with E-state index in [2.05, 4.69) is 5.32 Å². The molecule has 0 saturated carbocycles. The summed E-state index contributed by atoms with van der Waals surface area (Å²) in [5.74, 6) is -2.07. The van der Waals surface area contributed by atoms with E-state index in [1.807, 2.05) is 0 Å². The van der Waals surface area contributed by atoms with Gasteiger partial charge in [-0.25, -0.2) is 4.79 Å². The number of nitrogens with zero attached hydrogens (tertiary/aromatic N) is 1. The first-order valence-electron chi connectivity index (χ1n) is 9.05. The minimum absolute atomic E-state index is 0.0312. The van der Waals surface area contributed by atoms with Crippen LogP contribution in [0.5, 0.6) is 0 Å². The fourth-order valence-electron chi connectivity index (χ4n) is 3.74. The number of nitrogens with one attached hydrogen (secondary N) is 1. The van der Waals surface area contributed by atoms with Gasteiger partial charge in [0.1, 0.15) is 11.4 Å². The number of amides is 2. The van der Waals surface area contributed by atoms with Crippen LogP contribution < -0.4 is 5.32 Å². The zero-order valence-corrected chi connectivity index (χ0v) is 18.7. The van der Waals surface area contributed by atoms with E-state index in [1.165, 1.54) is 16.7 Å². The van der Waals surface area contributed by atoms with Crippen LogP contribution in [0.3, 0.4) is 0 Å². The van der Waals surface area contributed by atoms with E-state index in [4.69, 9.17) is 27.9 Å². The number of β-lactam (4-membered cyclic amide) rings is 1. The largest absolute Gasteiger partial charge is 0.480 e. The lowest BCUT2D eigenvalue weighted by Gasteiger charge is -2.52. The number of hydrogen-bond acceptors (Lipinski definition) is 5. The second-order valence-electron chi connectivity index (χ2n) is 7.90. The van der Waals surface area contributed by atoms with Crippen molar-refractivity contribution in [2.75, 3.05) is 0 Å². The number of carbonyl (C=O) groups excluding carboxylic acids is 2. The highest BCUT2D eigenvalue weighted by atomic mass is 35.5. The van der Waals surface area contributed by atoms with E-state index >= 15 is 0 Å². The SMILES string of the molecule is CC(C)OC1(NC(=O)Cc2ccc(Cl)c(Cl)c2)C(=O)N2[C@@H](C(=O)O)C(C)(C)S[C@@H]21. The van der Waals surface area contributed by atoms with Crippen LogP contribution in [-0.2, 0) is 25.5 Å². The summed E-state index contributed by atoms with van der Waals surface area (Å²) in [6.07, 6.45) is -0.393. The van der Waals surface area contributed by atoms with Gasteiger partial charge < -0.3 is 20.1 Å². The fraction of sp³-hybridized carbons (Fsp3) is 0.526. The molecule has 2 aliphatic heterocycles. The lowest BCUT2D eigenvalue weighted by Crippen LogP contribution is -2.81. The molecule has 1 aromatic rings. The molecule has 2 saturated heterocycles. The van der Waals surface area contributed by atoms with Gasteiger partial charge in [-0.3, -0.25) is 9.59 Å². The molecule has 0 aliphatic carbocycles. The third-order valence-corrected chi connectivity index (χ3v) is 7.19. The Morgan fingerprint density at radius 1 is 1.31 bits per heavy atom. The van der Waals surface area contributed by atoms with Gasteiger partial charge in [0.15, 0.2) is 0 Å². The van der Waals surface area contributed by atoms with E-state index in [0.29, 0.717) is 15.6 Å². The molecule has 2 fully saturated rings. The van der Waals surface area contributed by atoms with Gasteiger partial charge in [-0.15, -0.1) is 11.8 Å². The van der Waals surface area contributed by atoms with Gasteiger partial charge in [0.05, 0.1) is 22.6 Å². The molecule has 1 aromatic carbocycles. The normalized spacial score (nSPS) is 27.6. The number of aliphatic carboxylic acids is 1. The highest BCUT2D eigenvalue weighted by Gasteiger charge is 2.73. The molecule has 158 valence electrons. The van der Waals surface area contributed by atoms with Crippen LogP contribution in [-0.4, -0.2) is 55.8 Å². The number of carboxylic acid groups (broad SMARTS) is 1. The molecule has 2 N–H and O–H groups in total. The lowest BCUT2D eigenvalue weighted by molar-refractivity contribution is -0.214. The average molecular weight is 461 g/mol. The summed E-state index contributed by atoms with van der Waals surface area (Å²) >= 11 is 13.2. The highest BCUT2D eigenvalue weighted by molar-refractivity contribution is 8.01. The Balaban J connectivity index is 1.85. The second kappa shape index (κ2) is 7.65. The van der Waals surface area contributed by atoms with Gasteiger partial charge >= 0.3 is 5.97 Å². The summed E-state index contributed by atoms with van der Waals surface area (Å²) in [7, 11) is 0. The predicted octanol–water partition coefficient (Wildman–Crippen LogP) is 2.92. The number of ether oxygens (including phenoxy) is 1. The molecular weight excluding hydrogens is 439 g/mol. The molecule has 0 aromatic heterocycles. The molecule has 0 spiro atoms. The maximum atomic E-state index is 13.1. The molecule has 3 atom stereocenters. The number of benzene rings is 1. The van der Waals surface area contributed by atoms with Crippen molar-refractivity contribution < 1.29 is 24.2 Å². The Labute approximate surface area is 183 Å².